The fourth-order valence-corrected chi connectivity index (χ4v) is 5.67. The molecule has 1 aliphatic rings. The Morgan fingerprint density at radius 1 is 0.885 bits per heavy atom. The smallest absolute Gasteiger partial charge is 0.416 e. The lowest BCUT2D eigenvalue weighted by Gasteiger charge is -2.46. The van der Waals surface area contributed by atoms with Gasteiger partial charge in [0.2, 0.25) is 5.91 Å². The van der Waals surface area contributed by atoms with E-state index in [1.54, 1.807) is 30.3 Å². The Morgan fingerprint density at radius 2 is 1.50 bits per heavy atom. The van der Waals surface area contributed by atoms with Crippen LogP contribution in [0.25, 0.3) is 0 Å². The van der Waals surface area contributed by atoms with Crippen molar-refractivity contribution in [2.75, 3.05) is 26.7 Å². The maximum absolute atomic E-state index is 13.8. The van der Waals surface area contributed by atoms with Gasteiger partial charge >= 0.3 is 30.5 Å². The molecule has 1 fully saturated rings. The summed E-state index contributed by atoms with van der Waals surface area (Å²) in [5, 5.41) is 4.77. The third kappa shape index (κ3) is 10.6. The number of aryl methyl sites for hydroxylation is 1. The third-order valence-corrected chi connectivity index (χ3v) is 8.41. The maximum Gasteiger partial charge on any atom is 0.416 e. The number of nitrogens with zero attached hydrogens (tertiary/aromatic N) is 3. The number of halogens is 6. The van der Waals surface area contributed by atoms with Crippen molar-refractivity contribution in [3.63, 3.8) is 0 Å². The lowest BCUT2D eigenvalue weighted by atomic mass is 9.94. The predicted molar refractivity (Wildman–Crippen MR) is 177 cm³/mol. The van der Waals surface area contributed by atoms with Gasteiger partial charge in [-0.15, -0.1) is 0 Å². The van der Waals surface area contributed by atoms with Gasteiger partial charge in [-0.25, -0.2) is 14.4 Å². The Morgan fingerprint density at radius 3 is 2.08 bits per heavy atom. The van der Waals surface area contributed by atoms with Gasteiger partial charge in [0, 0.05) is 26.7 Å². The van der Waals surface area contributed by atoms with E-state index >= 15 is 0 Å². The minimum absolute atomic E-state index is 0.0306. The van der Waals surface area contributed by atoms with Crippen LogP contribution in [-0.4, -0.2) is 71.6 Å². The van der Waals surface area contributed by atoms with Crippen LogP contribution in [0, 0.1) is 12.8 Å². The Labute approximate surface area is 296 Å². The fourth-order valence-electron chi connectivity index (χ4n) is 5.67. The summed E-state index contributed by atoms with van der Waals surface area (Å²) < 4.78 is 86.3. The largest absolute Gasteiger partial charge is 0.444 e. The van der Waals surface area contributed by atoms with Crippen molar-refractivity contribution in [1.82, 2.24) is 25.3 Å². The topological polar surface area (TPSA) is 111 Å². The van der Waals surface area contributed by atoms with Gasteiger partial charge in [-0.3, -0.25) is 15.0 Å². The van der Waals surface area contributed by atoms with E-state index in [4.69, 9.17) is 4.74 Å². The first-order chi connectivity index (χ1) is 24.5. The molecule has 0 saturated carbocycles. The minimum atomic E-state index is -5.11. The van der Waals surface area contributed by atoms with E-state index in [-0.39, 0.29) is 44.6 Å². The van der Waals surface area contributed by atoms with Crippen molar-refractivity contribution in [2.45, 2.75) is 58.4 Å². The highest BCUT2D eigenvalue weighted by Crippen LogP contribution is 2.36. The summed E-state index contributed by atoms with van der Waals surface area (Å²) in [6.45, 7) is 2.37. The van der Waals surface area contributed by atoms with Crippen LogP contribution in [0.15, 0.2) is 72.8 Å². The number of hydrogen-bond acceptors (Lipinski definition) is 5. The van der Waals surface area contributed by atoms with Crippen molar-refractivity contribution < 1.29 is 50.3 Å². The number of rotatable bonds is 10. The molecule has 16 heteroatoms. The fraction of sp³-hybridized carbons (Fsp3) is 0.389. The van der Waals surface area contributed by atoms with Crippen molar-refractivity contribution in [3.8, 4) is 0 Å². The van der Waals surface area contributed by atoms with E-state index in [1.165, 1.54) is 16.8 Å². The Bertz CT molecular complexity index is 1690. The number of imide groups is 1. The molecule has 0 spiro atoms. The molecule has 6 amide bonds. The van der Waals surface area contributed by atoms with Crippen LogP contribution >= 0.6 is 0 Å². The molecule has 3 aromatic carbocycles. The lowest BCUT2D eigenvalue weighted by molar-refractivity contribution is -0.148. The van der Waals surface area contributed by atoms with Gasteiger partial charge in [-0.05, 0) is 54.7 Å². The molecule has 1 saturated heterocycles. The molecule has 3 aromatic rings. The van der Waals surface area contributed by atoms with Crippen LogP contribution in [0.5, 0.6) is 0 Å². The van der Waals surface area contributed by atoms with Gasteiger partial charge in [0.1, 0.15) is 12.8 Å². The highest BCUT2D eigenvalue weighted by molar-refractivity contribution is 5.93. The highest BCUT2D eigenvalue weighted by atomic mass is 19.4. The normalized spacial score (nSPS) is 16.4. The maximum atomic E-state index is 13.8. The number of hydrogen-bond donors (Lipinski definition) is 2. The van der Waals surface area contributed by atoms with Gasteiger partial charge in [-0.2, -0.15) is 26.3 Å². The number of carbonyl (C=O) groups is 4. The second kappa shape index (κ2) is 16.8. The summed E-state index contributed by atoms with van der Waals surface area (Å²) >= 11 is 0. The lowest BCUT2D eigenvalue weighted by Crippen LogP contribution is -2.64. The number of benzene rings is 3. The van der Waals surface area contributed by atoms with Gasteiger partial charge in [0.25, 0.3) is 0 Å². The van der Waals surface area contributed by atoms with Crippen LogP contribution in [0.1, 0.15) is 46.7 Å². The van der Waals surface area contributed by atoms with Crippen molar-refractivity contribution in [1.29, 1.82) is 0 Å². The predicted octanol–water partition coefficient (Wildman–Crippen LogP) is 6.96. The molecule has 10 nitrogen and oxygen atoms in total. The van der Waals surface area contributed by atoms with Gasteiger partial charge in [-0.1, -0.05) is 67.1 Å². The molecule has 52 heavy (non-hydrogen) atoms. The summed E-state index contributed by atoms with van der Waals surface area (Å²) in [6.07, 6.45) is -11.8. The molecule has 0 bridgehead atoms. The van der Waals surface area contributed by atoms with Gasteiger partial charge < -0.3 is 19.9 Å². The summed E-state index contributed by atoms with van der Waals surface area (Å²) in [5.41, 5.74) is -1.31. The average Bonchev–Trinajstić information content (AvgIpc) is 3.09. The molecular weight excluding hydrogens is 696 g/mol. The molecule has 1 aliphatic heterocycles. The molecule has 1 heterocycles. The van der Waals surface area contributed by atoms with E-state index in [0.717, 1.165) is 16.0 Å². The molecule has 2 atom stereocenters. The van der Waals surface area contributed by atoms with E-state index in [1.807, 2.05) is 38.1 Å². The first-order valence-electron chi connectivity index (χ1n) is 16.4. The molecular formula is C36H39F6N5O5. The summed E-state index contributed by atoms with van der Waals surface area (Å²) in [4.78, 5) is 57.0. The summed E-state index contributed by atoms with van der Waals surface area (Å²) in [6, 6.07) is 15.3. The van der Waals surface area contributed by atoms with E-state index < -0.39 is 65.9 Å². The van der Waals surface area contributed by atoms with Crippen LogP contribution < -0.4 is 10.6 Å². The van der Waals surface area contributed by atoms with Gasteiger partial charge in [0.15, 0.2) is 0 Å². The van der Waals surface area contributed by atoms with Crippen molar-refractivity contribution in [2.24, 2.45) is 5.92 Å². The molecule has 0 aliphatic carbocycles. The minimum Gasteiger partial charge on any atom is -0.444 e. The molecule has 4 rings (SSSR count). The molecule has 2 unspecified atom stereocenters. The van der Waals surface area contributed by atoms with Crippen LogP contribution in [-0.2, 0) is 41.5 Å². The first-order valence-corrected chi connectivity index (χ1v) is 16.4. The van der Waals surface area contributed by atoms with E-state index in [2.05, 4.69) is 10.6 Å². The number of carbonyl (C=O) groups excluding carboxylic acids is 4. The van der Waals surface area contributed by atoms with Crippen LogP contribution in [0.4, 0.5) is 40.7 Å². The zero-order valence-corrected chi connectivity index (χ0v) is 28.7. The monoisotopic (exact) mass is 735 g/mol. The Hall–Kier alpha value is -5.28. The quantitative estimate of drug-likeness (QED) is 0.219. The summed E-state index contributed by atoms with van der Waals surface area (Å²) in [7, 11) is 1.41. The van der Waals surface area contributed by atoms with Crippen LogP contribution in [0.3, 0.4) is 0 Å². The standard InChI is InChI=1S/C36H39F6N5O5/c1-4-14-43-32(49)44-33(50)46(19-25-8-6-5-7-9-25)21-30-45(3)31(48)27(15-24-12-10-23(2)11-13-24)20-47(30)34(51)52-22-26-16-28(35(37,38)39)18-29(17-26)36(40,41)42/h5-13,16-18,27,30H,4,14-15,19-22H2,1-3H3,(H2,43,44,49,50). The molecule has 0 aromatic heterocycles. The van der Waals surface area contributed by atoms with Gasteiger partial charge in [0.05, 0.1) is 23.6 Å². The Kier molecular flexibility index (Phi) is 12.8. The first kappa shape index (κ1) is 39.5. The number of ether oxygens (including phenoxy) is 1. The van der Waals surface area contributed by atoms with Crippen LogP contribution in [0.2, 0.25) is 0 Å². The molecule has 280 valence electrons. The van der Waals surface area contributed by atoms with Crippen molar-refractivity contribution in [3.05, 3.63) is 106 Å². The number of nitrogens with one attached hydrogen (secondary N) is 2. The van der Waals surface area contributed by atoms with Crippen molar-refractivity contribution >= 4 is 24.1 Å². The number of likely N-dealkylation sites (N-methyl/N-ethyl adjacent to an activating group) is 1. The zero-order chi connectivity index (χ0) is 38.2. The average molecular weight is 736 g/mol. The zero-order valence-electron chi connectivity index (χ0n) is 28.7. The Balaban J connectivity index is 1.66. The SMILES string of the molecule is CCCNC(=O)NC(=O)N(Cc1ccccc1)CC1N(C)C(=O)C(Cc2ccc(C)cc2)CN1C(=O)OCc1cc(C(F)(F)F)cc(C(F)(F)F)c1. The summed E-state index contributed by atoms with van der Waals surface area (Å²) in [5.74, 6) is -1.21. The number of alkyl halides is 6. The third-order valence-electron chi connectivity index (χ3n) is 8.41. The van der Waals surface area contributed by atoms with E-state index in [0.29, 0.717) is 24.1 Å². The second-order valence-corrected chi connectivity index (χ2v) is 12.5. The highest BCUT2D eigenvalue weighted by Gasteiger charge is 2.43. The number of amides is 6. The molecule has 2 N–H and O–H groups in total. The van der Waals surface area contributed by atoms with E-state index in [9.17, 15) is 45.5 Å². The second-order valence-electron chi connectivity index (χ2n) is 12.5. The number of urea groups is 2. The molecule has 0 radical (unpaired) electrons.